The molecule has 0 spiro atoms. The van der Waals surface area contributed by atoms with Crippen LogP contribution in [0.1, 0.15) is 12.5 Å². The summed E-state index contributed by atoms with van der Waals surface area (Å²) in [7, 11) is 0. The van der Waals surface area contributed by atoms with E-state index in [0.717, 1.165) is 5.56 Å². The predicted octanol–water partition coefficient (Wildman–Crippen LogP) is 3.53. The summed E-state index contributed by atoms with van der Waals surface area (Å²) in [5, 5.41) is 21.1. The Hall–Kier alpha value is -2.11. The maximum absolute atomic E-state index is 10.7. The van der Waals surface area contributed by atoms with E-state index in [0.29, 0.717) is 5.75 Å². The van der Waals surface area contributed by atoms with Crippen molar-refractivity contribution in [3.8, 4) is 5.75 Å². The fourth-order valence-electron chi connectivity index (χ4n) is 1.83. The Morgan fingerprint density at radius 2 is 1.95 bits per heavy atom. The Labute approximate surface area is 126 Å². The Morgan fingerprint density at radius 1 is 1.29 bits per heavy atom. The first-order valence-corrected chi connectivity index (χ1v) is 6.62. The lowest BCUT2D eigenvalue weighted by Crippen LogP contribution is -2.29. The molecular weight excluding hydrogens is 294 g/mol. The fourth-order valence-corrected chi connectivity index (χ4v) is 2.07. The Bertz CT molecular complexity index is 643. The van der Waals surface area contributed by atoms with E-state index in [4.69, 9.17) is 16.3 Å². The van der Waals surface area contributed by atoms with Gasteiger partial charge in [-0.2, -0.15) is 0 Å². The summed E-state index contributed by atoms with van der Waals surface area (Å²) >= 11 is 5.81. The third-order valence-electron chi connectivity index (χ3n) is 3.03. The molecule has 21 heavy (non-hydrogen) atoms. The molecule has 1 N–H and O–H groups in total. The van der Waals surface area contributed by atoms with Crippen LogP contribution in [0.25, 0.3) is 0 Å². The average molecular weight is 308 g/mol. The highest BCUT2D eigenvalue weighted by Gasteiger charge is 2.24. The zero-order chi connectivity index (χ0) is 15.5. The SMILES string of the molecule is CC(O)(COc1ccc([N+](=O)[O-])c(Cl)c1)c1ccccc1. The van der Waals surface area contributed by atoms with E-state index in [9.17, 15) is 15.2 Å². The summed E-state index contributed by atoms with van der Waals surface area (Å²) in [5.74, 6) is 0.363. The van der Waals surface area contributed by atoms with Gasteiger partial charge in [-0.15, -0.1) is 0 Å². The van der Waals surface area contributed by atoms with E-state index in [1.807, 2.05) is 18.2 Å². The van der Waals surface area contributed by atoms with Crippen LogP contribution in [0, 0.1) is 10.1 Å². The van der Waals surface area contributed by atoms with Crippen molar-refractivity contribution in [3.05, 3.63) is 69.2 Å². The molecule has 6 heteroatoms. The van der Waals surface area contributed by atoms with Gasteiger partial charge in [0.2, 0.25) is 0 Å². The second-order valence-electron chi connectivity index (χ2n) is 4.80. The minimum Gasteiger partial charge on any atom is -0.490 e. The number of nitro benzene ring substituents is 1. The molecule has 0 aromatic heterocycles. The quantitative estimate of drug-likeness (QED) is 0.677. The number of nitro groups is 1. The van der Waals surface area contributed by atoms with Crippen molar-refractivity contribution in [3.63, 3.8) is 0 Å². The van der Waals surface area contributed by atoms with Gasteiger partial charge in [0.25, 0.3) is 5.69 Å². The minimum absolute atomic E-state index is 0.00291. The lowest BCUT2D eigenvalue weighted by atomic mass is 9.97. The van der Waals surface area contributed by atoms with Crippen LogP contribution >= 0.6 is 11.6 Å². The normalized spacial score (nSPS) is 13.5. The molecule has 0 aliphatic carbocycles. The van der Waals surface area contributed by atoms with Crippen LogP contribution in [0.4, 0.5) is 5.69 Å². The van der Waals surface area contributed by atoms with Crippen LogP contribution in [-0.2, 0) is 5.60 Å². The highest BCUT2D eigenvalue weighted by molar-refractivity contribution is 6.32. The van der Waals surface area contributed by atoms with E-state index in [2.05, 4.69) is 0 Å². The summed E-state index contributed by atoms with van der Waals surface area (Å²) in [6.07, 6.45) is 0. The van der Waals surface area contributed by atoms with Gasteiger partial charge >= 0.3 is 0 Å². The minimum atomic E-state index is -1.17. The highest BCUT2D eigenvalue weighted by Crippen LogP contribution is 2.29. The first kappa shape index (κ1) is 15.3. The van der Waals surface area contributed by atoms with E-state index >= 15 is 0 Å². The zero-order valence-corrected chi connectivity index (χ0v) is 12.1. The predicted molar refractivity (Wildman–Crippen MR) is 79.6 cm³/mol. The van der Waals surface area contributed by atoms with Crippen LogP contribution in [0.2, 0.25) is 5.02 Å². The van der Waals surface area contributed by atoms with Gasteiger partial charge in [-0.1, -0.05) is 41.9 Å². The fraction of sp³-hybridized carbons (Fsp3) is 0.200. The van der Waals surface area contributed by atoms with Crippen molar-refractivity contribution < 1.29 is 14.8 Å². The van der Waals surface area contributed by atoms with Crippen molar-refractivity contribution in [2.75, 3.05) is 6.61 Å². The molecule has 0 radical (unpaired) electrons. The van der Waals surface area contributed by atoms with Gasteiger partial charge in [0.15, 0.2) is 0 Å². The number of benzene rings is 2. The molecule has 0 saturated carbocycles. The molecule has 0 aliphatic rings. The van der Waals surface area contributed by atoms with Crippen molar-refractivity contribution >= 4 is 17.3 Å². The Kier molecular flexibility index (Phi) is 4.45. The maximum Gasteiger partial charge on any atom is 0.288 e. The topological polar surface area (TPSA) is 72.6 Å². The smallest absolute Gasteiger partial charge is 0.288 e. The van der Waals surface area contributed by atoms with Gasteiger partial charge in [-0.25, -0.2) is 0 Å². The molecule has 0 bridgehead atoms. The lowest BCUT2D eigenvalue weighted by molar-refractivity contribution is -0.384. The molecular formula is C15H14ClNO4. The molecule has 0 heterocycles. The molecule has 2 rings (SSSR count). The lowest BCUT2D eigenvalue weighted by Gasteiger charge is -2.24. The van der Waals surface area contributed by atoms with Gasteiger partial charge in [-0.05, 0) is 18.6 Å². The number of rotatable bonds is 5. The van der Waals surface area contributed by atoms with Gasteiger partial charge in [0, 0.05) is 12.1 Å². The monoisotopic (exact) mass is 307 g/mol. The van der Waals surface area contributed by atoms with Gasteiger partial charge < -0.3 is 9.84 Å². The zero-order valence-electron chi connectivity index (χ0n) is 11.3. The first-order chi connectivity index (χ1) is 9.90. The highest BCUT2D eigenvalue weighted by atomic mass is 35.5. The van der Waals surface area contributed by atoms with Crippen molar-refractivity contribution in [2.45, 2.75) is 12.5 Å². The van der Waals surface area contributed by atoms with Crippen LogP contribution in [0.5, 0.6) is 5.75 Å². The second kappa shape index (κ2) is 6.11. The van der Waals surface area contributed by atoms with Gasteiger partial charge in [0.05, 0.1) is 4.92 Å². The number of halogens is 1. The van der Waals surface area contributed by atoms with E-state index < -0.39 is 10.5 Å². The molecule has 0 fully saturated rings. The van der Waals surface area contributed by atoms with Crippen molar-refractivity contribution in [1.82, 2.24) is 0 Å². The Balaban J connectivity index is 2.09. The molecule has 0 amide bonds. The maximum atomic E-state index is 10.7. The standard InChI is InChI=1S/C15H14ClNO4/c1-15(18,11-5-3-2-4-6-11)10-21-12-7-8-14(17(19)20)13(16)9-12/h2-9,18H,10H2,1H3. The molecule has 110 valence electrons. The summed E-state index contributed by atoms with van der Waals surface area (Å²) in [4.78, 5) is 10.1. The Morgan fingerprint density at radius 3 is 2.52 bits per heavy atom. The molecule has 0 saturated heterocycles. The van der Waals surface area contributed by atoms with Crippen LogP contribution in [0.3, 0.4) is 0 Å². The second-order valence-corrected chi connectivity index (χ2v) is 5.21. The number of hydrogen-bond acceptors (Lipinski definition) is 4. The largest absolute Gasteiger partial charge is 0.490 e. The van der Waals surface area contributed by atoms with Crippen molar-refractivity contribution in [2.24, 2.45) is 0 Å². The van der Waals surface area contributed by atoms with Crippen LogP contribution in [-0.4, -0.2) is 16.6 Å². The molecule has 0 aliphatic heterocycles. The van der Waals surface area contributed by atoms with Gasteiger partial charge in [0.1, 0.15) is 23.0 Å². The number of hydrogen-bond donors (Lipinski definition) is 1. The number of nitrogens with zero attached hydrogens (tertiary/aromatic N) is 1. The molecule has 2 aromatic rings. The molecule has 2 aromatic carbocycles. The number of aliphatic hydroxyl groups is 1. The first-order valence-electron chi connectivity index (χ1n) is 6.25. The molecule has 1 atom stereocenters. The molecule has 5 nitrogen and oxygen atoms in total. The van der Waals surface area contributed by atoms with Crippen LogP contribution in [0.15, 0.2) is 48.5 Å². The third kappa shape index (κ3) is 3.71. The van der Waals surface area contributed by atoms with Gasteiger partial charge in [-0.3, -0.25) is 10.1 Å². The van der Waals surface area contributed by atoms with E-state index in [1.54, 1.807) is 19.1 Å². The van der Waals surface area contributed by atoms with Crippen LogP contribution < -0.4 is 4.74 Å². The van der Waals surface area contributed by atoms with E-state index in [-0.39, 0.29) is 17.3 Å². The molecule has 1 unspecified atom stereocenters. The summed E-state index contributed by atoms with van der Waals surface area (Å²) in [5.41, 5.74) is -0.632. The summed E-state index contributed by atoms with van der Waals surface area (Å²) in [6, 6.07) is 13.2. The number of ether oxygens (including phenoxy) is 1. The average Bonchev–Trinajstić information content (AvgIpc) is 2.46. The third-order valence-corrected chi connectivity index (χ3v) is 3.33. The van der Waals surface area contributed by atoms with Crippen molar-refractivity contribution in [1.29, 1.82) is 0 Å². The summed E-state index contributed by atoms with van der Waals surface area (Å²) < 4.78 is 5.48. The van der Waals surface area contributed by atoms with E-state index in [1.165, 1.54) is 18.2 Å². The summed E-state index contributed by atoms with van der Waals surface area (Å²) in [6.45, 7) is 1.64.